The molecule has 0 bridgehead atoms. The second-order valence-corrected chi connectivity index (χ2v) is 8.61. The lowest BCUT2D eigenvalue weighted by atomic mass is 10.1. The van der Waals surface area contributed by atoms with Gasteiger partial charge in [0, 0.05) is 16.5 Å². The van der Waals surface area contributed by atoms with Crippen LogP contribution in [0.2, 0.25) is 0 Å². The Kier molecular flexibility index (Phi) is 5.67. The molecule has 4 atom stereocenters. The molecule has 11 heteroatoms. The fraction of sp³-hybridized carbons (Fsp3) is 0.478. The summed E-state index contributed by atoms with van der Waals surface area (Å²) in [4.78, 5) is 4.66. The van der Waals surface area contributed by atoms with Crippen molar-refractivity contribution >= 4 is 11.0 Å². The molecule has 182 valence electrons. The quantitative estimate of drug-likeness (QED) is 0.577. The van der Waals surface area contributed by atoms with E-state index >= 15 is 0 Å². The molecule has 2 saturated heterocycles. The Labute approximate surface area is 194 Å². The fourth-order valence-electron chi connectivity index (χ4n) is 4.56. The smallest absolute Gasteiger partial charge is 0.264 e. The van der Waals surface area contributed by atoms with Crippen LogP contribution in [-0.4, -0.2) is 64.8 Å². The molecule has 5 rings (SSSR count). The molecular formula is C23H25F2N3O6. The molecule has 0 radical (unpaired) electrons. The van der Waals surface area contributed by atoms with Crippen LogP contribution in [0, 0.1) is 0 Å². The van der Waals surface area contributed by atoms with Gasteiger partial charge in [0.1, 0.15) is 18.3 Å². The number of methoxy groups -OCH3 is 2. The summed E-state index contributed by atoms with van der Waals surface area (Å²) in [5.74, 6) is 0.0634. The first kappa shape index (κ1) is 22.9. The van der Waals surface area contributed by atoms with Crippen molar-refractivity contribution < 1.29 is 37.6 Å². The van der Waals surface area contributed by atoms with Gasteiger partial charge in [-0.25, -0.2) is 18.4 Å². The molecule has 1 aromatic carbocycles. The molecular weight excluding hydrogens is 452 g/mol. The Bertz CT molecular complexity index is 1220. The van der Waals surface area contributed by atoms with E-state index in [1.165, 1.54) is 31.2 Å². The molecule has 2 aliphatic heterocycles. The van der Waals surface area contributed by atoms with Crippen LogP contribution < -0.4 is 9.47 Å². The van der Waals surface area contributed by atoms with Gasteiger partial charge in [-0.15, -0.1) is 0 Å². The standard InChI is InChI=1S/C23H25F2N3O6/c1-23(2)33-18-17(10-29)32-22(19(18)34-23)28-21-13(9-26-28)12(20(24)25)8-14(27-21)11-5-6-15(30-3)16(7-11)31-4/h5-9,17-20,22,29H,10H2,1-4H3/t17-,18-,19-,22-/m1/s1. The molecule has 2 aromatic heterocycles. The van der Waals surface area contributed by atoms with Gasteiger partial charge in [0.05, 0.1) is 32.7 Å². The highest BCUT2D eigenvalue weighted by atomic mass is 19.3. The minimum atomic E-state index is -2.76. The number of hydrogen-bond donors (Lipinski definition) is 1. The summed E-state index contributed by atoms with van der Waals surface area (Å²) in [5, 5.41) is 14.3. The van der Waals surface area contributed by atoms with Crippen LogP contribution in [0.3, 0.4) is 0 Å². The van der Waals surface area contributed by atoms with Crippen molar-refractivity contribution in [2.75, 3.05) is 20.8 Å². The lowest BCUT2D eigenvalue weighted by Crippen LogP contribution is -2.31. The average Bonchev–Trinajstić information content (AvgIpc) is 3.47. The van der Waals surface area contributed by atoms with Crippen LogP contribution >= 0.6 is 0 Å². The number of halogens is 2. The second-order valence-electron chi connectivity index (χ2n) is 8.61. The van der Waals surface area contributed by atoms with Crippen molar-refractivity contribution in [2.24, 2.45) is 0 Å². The summed E-state index contributed by atoms with van der Waals surface area (Å²) in [6.45, 7) is 3.24. The van der Waals surface area contributed by atoms with Crippen molar-refractivity contribution in [1.82, 2.24) is 14.8 Å². The van der Waals surface area contributed by atoms with Crippen molar-refractivity contribution in [3.05, 3.63) is 36.0 Å². The largest absolute Gasteiger partial charge is 0.493 e. The van der Waals surface area contributed by atoms with E-state index in [1.54, 1.807) is 32.0 Å². The Balaban J connectivity index is 1.64. The van der Waals surface area contributed by atoms with E-state index in [0.717, 1.165) is 0 Å². The molecule has 0 unspecified atom stereocenters. The molecule has 3 aromatic rings. The summed E-state index contributed by atoms with van der Waals surface area (Å²) in [6.07, 6.45) is -4.02. The third-order valence-electron chi connectivity index (χ3n) is 6.06. The van der Waals surface area contributed by atoms with Gasteiger partial charge >= 0.3 is 0 Å². The van der Waals surface area contributed by atoms with Crippen LogP contribution in [0.5, 0.6) is 11.5 Å². The van der Waals surface area contributed by atoms with E-state index in [0.29, 0.717) is 22.8 Å². The normalized spacial score (nSPS) is 25.8. The topological polar surface area (TPSA) is 97.1 Å². The SMILES string of the molecule is COc1ccc(-c2cc(C(F)F)c3cnn([C@@H]4O[C@H](CO)[C@H]5OC(C)(C)O[C@H]54)c3n2)cc1OC. The maximum Gasteiger partial charge on any atom is 0.264 e. The number of fused-ring (bicyclic) bond motifs is 2. The van der Waals surface area contributed by atoms with Crippen LogP contribution in [0.25, 0.3) is 22.3 Å². The summed E-state index contributed by atoms with van der Waals surface area (Å²) >= 11 is 0. The number of benzene rings is 1. The van der Waals surface area contributed by atoms with Gasteiger partial charge in [-0.1, -0.05) is 0 Å². The Morgan fingerprint density at radius 2 is 1.85 bits per heavy atom. The van der Waals surface area contributed by atoms with Crippen molar-refractivity contribution in [3.63, 3.8) is 0 Å². The van der Waals surface area contributed by atoms with Gasteiger partial charge in [0.15, 0.2) is 29.2 Å². The minimum absolute atomic E-state index is 0.199. The summed E-state index contributed by atoms with van der Waals surface area (Å²) in [6, 6.07) is 6.41. The van der Waals surface area contributed by atoms with Gasteiger partial charge in [-0.2, -0.15) is 5.10 Å². The molecule has 0 spiro atoms. The number of alkyl halides is 2. The highest BCUT2D eigenvalue weighted by Crippen LogP contribution is 2.44. The van der Waals surface area contributed by atoms with Gasteiger partial charge in [0.2, 0.25) is 0 Å². The van der Waals surface area contributed by atoms with Crippen LogP contribution in [0.15, 0.2) is 30.5 Å². The van der Waals surface area contributed by atoms with Crippen LogP contribution in [-0.2, 0) is 14.2 Å². The maximum atomic E-state index is 14.1. The van der Waals surface area contributed by atoms with Crippen molar-refractivity contribution in [2.45, 2.75) is 50.6 Å². The van der Waals surface area contributed by atoms with Crippen LogP contribution in [0.4, 0.5) is 8.78 Å². The third-order valence-corrected chi connectivity index (χ3v) is 6.06. The lowest BCUT2D eigenvalue weighted by Gasteiger charge is -2.24. The van der Waals surface area contributed by atoms with Gasteiger partial charge in [-0.05, 0) is 38.1 Å². The number of hydrogen-bond acceptors (Lipinski definition) is 8. The average molecular weight is 477 g/mol. The molecule has 1 N–H and O–H groups in total. The molecule has 0 aliphatic carbocycles. The first-order valence-electron chi connectivity index (χ1n) is 10.8. The Morgan fingerprint density at radius 3 is 2.53 bits per heavy atom. The Hall–Kier alpha value is -2.86. The van der Waals surface area contributed by atoms with E-state index in [1.807, 2.05) is 0 Å². The zero-order valence-electron chi connectivity index (χ0n) is 19.1. The fourth-order valence-corrected chi connectivity index (χ4v) is 4.56. The molecule has 2 aliphatic rings. The van der Waals surface area contributed by atoms with E-state index in [4.69, 9.17) is 23.7 Å². The van der Waals surface area contributed by atoms with Gasteiger partial charge in [0.25, 0.3) is 6.43 Å². The number of aliphatic hydroxyl groups excluding tert-OH is 1. The molecule has 4 heterocycles. The zero-order valence-corrected chi connectivity index (χ0v) is 19.1. The van der Waals surface area contributed by atoms with Crippen molar-refractivity contribution in [1.29, 1.82) is 0 Å². The predicted octanol–water partition coefficient (Wildman–Crippen LogP) is 3.46. The summed E-state index contributed by atoms with van der Waals surface area (Å²) in [7, 11) is 3.01. The van der Waals surface area contributed by atoms with Crippen LogP contribution in [0.1, 0.15) is 32.1 Å². The van der Waals surface area contributed by atoms with Gasteiger partial charge in [-0.3, -0.25) is 0 Å². The number of aromatic nitrogens is 3. The maximum absolute atomic E-state index is 14.1. The van der Waals surface area contributed by atoms with E-state index < -0.39 is 36.8 Å². The first-order valence-corrected chi connectivity index (χ1v) is 10.8. The number of pyridine rings is 1. The molecule has 34 heavy (non-hydrogen) atoms. The highest BCUT2D eigenvalue weighted by molar-refractivity contribution is 5.83. The highest BCUT2D eigenvalue weighted by Gasteiger charge is 2.56. The number of ether oxygens (including phenoxy) is 5. The summed E-state index contributed by atoms with van der Waals surface area (Å²) < 4.78 is 58.0. The Morgan fingerprint density at radius 1 is 1.12 bits per heavy atom. The van der Waals surface area contributed by atoms with E-state index in [9.17, 15) is 13.9 Å². The zero-order chi connectivity index (χ0) is 24.2. The number of rotatable bonds is 6. The monoisotopic (exact) mass is 477 g/mol. The lowest BCUT2D eigenvalue weighted by molar-refractivity contribution is -0.201. The number of nitrogens with zero attached hydrogens (tertiary/aromatic N) is 3. The van der Waals surface area contributed by atoms with Gasteiger partial charge < -0.3 is 28.8 Å². The molecule has 9 nitrogen and oxygen atoms in total. The molecule has 0 saturated carbocycles. The number of aliphatic hydroxyl groups is 1. The second kappa shape index (κ2) is 8.42. The minimum Gasteiger partial charge on any atom is -0.493 e. The summed E-state index contributed by atoms with van der Waals surface area (Å²) in [5.41, 5.74) is 0.869. The van der Waals surface area contributed by atoms with E-state index in [2.05, 4.69) is 10.1 Å². The first-order chi connectivity index (χ1) is 16.3. The van der Waals surface area contributed by atoms with E-state index in [-0.39, 0.29) is 23.2 Å². The third kappa shape index (κ3) is 3.68. The molecule has 0 amide bonds. The molecule has 2 fully saturated rings. The van der Waals surface area contributed by atoms with Crippen molar-refractivity contribution in [3.8, 4) is 22.8 Å². The predicted molar refractivity (Wildman–Crippen MR) is 116 cm³/mol.